The van der Waals surface area contributed by atoms with Crippen LogP contribution in [-0.2, 0) is 0 Å². The van der Waals surface area contributed by atoms with Crippen molar-refractivity contribution in [3.8, 4) is 0 Å². The number of imidazole rings is 1. The van der Waals surface area contributed by atoms with E-state index < -0.39 is 0 Å². The molecule has 3 nitrogen and oxygen atoms in total. The lowest BCUT2D eigenvalue weighted by Crippen LogP contribution is -2.49. The lowest BCUT2D eigenvalue weighted by Gasteiger charge is -2.59. The molecule has 1 aromatic heterocycles. The first-order valence-corrected chi connectivity index (χ1v) is 7.87. The molecule has 104 valence electrons. The fraction of sp³-hybridized carbons (Fsp3) is 0.812. The van der Waals surface area contributed by atoms with Crippen molar-refractivity contribution < 1.29 is 0 Å². The Bertz CT molecular complexity index is 467. The Labute approximate surface area is 115 Å². The van der Waals surface area contributed by atoms with Crippen LogP contribution < -0.4 is 5.73 Å². The molecule has 1 unspecified atom stereocenters. The van der Waals surface area contributed by atoms with Gasteiger partial charge in [-0.15, -0.1) is 0 Å². The molecule has 1 heterocycles. The molecule has 0 aromatic carbocycles. The van der Waals surface area contributed by atoms with E-state index in [0.29, 0.717) is 17.4 Å². The minimum atomic E-state index is 0.510. The molecule has 4 aliphatic carbocycles. The first kappa shape index (κ1) is 11.8. The topological polar surface area (TPSA) is 43.8 Å². The van der Waals surface area contributed by atoms with E-state index in [1.54, 1.807) is 0 Å². The Morgan fingerprint density at radius 2 is 1.74 bits per heavy atom. The Kier molecular flexibility index (Phi) is 2.34. The van der Waals surface area contributed by atoms with E-state index >= 15 is 0 Å². The molecule has 0 aliphatic heterocycles. The lowest BCUT2D eigenvalue weighted by molar-refractivity contribution is -0.0784. The molecule has 4 fully saturated rings. The molecule has 0 spiro atoms. The Balaban J connectivity index is 1.69. The molecule has 3 heteroatoms. The molecule has 0 amide bonds. The highest BCUT2D eigenvalue weighted by atomic mass is 15.2. The van der Waals surface area contributed by atoms with Crippen molar-refractivity contribution in [1.29, 1.82) is 0 Å². The van der Waals surface area contributed by atoms with Crippen molar-refractivity contribution in [3.63, 3.8) is 0 Å². The van der Waals surface area contributed by atoms with Crippen molar-refractivity contribution in [2.75, 3.05) is 5.73 Å². The molecular weight excluding hydrogens is 234 g/mol. The minimum Gasteiger partial charge on any atom is -0.369 e. The average Bonchev–Trinajstić information content (AvgIpc) is 2.65. The second-order valence-electron chi connectivity index (χ2n) is 7.60. The summed E-state index contributed by atoms with van der Waals surface area (Å²) in [6, 6.07) is 0.516. The van der Waals surface area contributed by atoms with Crippen LogP contribution in [-0.4, -0.2) is 9.55 Å². The zero-order chi connectivity index (χ0) is 13.2. The molecule has 4 saturated carbocycles. The number of hydrogen-bond donors (Lipinski definition) is 1. The van der Waals surface area contributed by atoms with Gasteiger partial charge in [0.1, 0.15) is 0 Å². The quantitative estimate of drug-likeness (QED) is 0.882. The van der Waals surface area contributed by atoms with Gasteiger partial charge in [0, 0.05) is 12.2 Å². The molecule has 19 heavy (non-hydrogen) atoms. The fourth-order valence-corrected chi connectivity index (χ4v) is 5.83. The summed E-state index contributed by atoms with van der Waals surface area (Å²) in [6.45, 7) is 4.42. The van der Waals surface area contributed by atoms with Gasteiger partial charge in [0.05, 0.1) is 5.69 Å². The van der Waals surface area contributed by atoms with Crippen LogP contribution in [0.3, 0.4) is 0 Å². The van der Waals surface area contributed by atoms with Gasteiger partial charge in [0.25, 0.3) is 0 Å². The number of aromatic nitrogens is 2. The van der Waals surface area contributed by atoms with Gasteiger partial charge in [0.15, 0.2) is 0 Å². The van der Waals surface area contributed by atoms with Gasteiger partial charge in [-0.3, -0.25) is 0 Å². The summed E-state index contributed by atoms with van der Waals surface area (Å²) in [5.74, 6) is 3.71. The number of anilines is 1. The van der Waals surface area contributed by atoms with Gasteiger partial charge < -0.3 is 10.3 Å². The van der Waals surface area contributed by atoms with Gasteiger partial charge in [-0.05, 0) is 75.5 Å². The summed E-state index contributed by atoms with van der Waals surface area (Å²) in [5, 5.41) is 0. The summed E-state index contributed by atoms with van der Waals surface area (Å²) >= 11 is 0. The highest BCUT2D eigenvalue weighted by Crippen LogP contribution is 2.63. The van der Waals surface area contributed by atoms with E-state index in [4.69, 9.17) is 5.73 Å². The smallest absolute Gasteiger partial charge is 0.200 e. The highest BCUT2D eigenvalue weighted by molar-refractivity contribution is 5.23. The number of nitrogen functional groups attached to an aromatic ring is 1. The van der Waals surface area contributed by atoms with Crippen LogP contribution in [0, 0.1) is 30.1 Å². The van der Waals surface area contributed by atoms with E-state index in [0.717, 1.165) is 23.4 Å². The largest absolute Gasteiger partial charge is 0.369 e. The van der Waals surface area contributed by atoms with E-state index in [1.165, 1.54) is 38.5 Å². The van der Waals surface area contributed by atoms with E-state index in [1.807, 2.05) is 6.92 Å². The predicted molar refractivity (Wildman–Crippen MR) is 76.7 cm³/mol. The normalized spacial score (nSPS) is 41.7. The number of nitrogens with two attached hydrogens (primary N) is 1. The van der Waals surface area contributed by atoms with Crippen molar-refractivity contribution >= 4 is 5.95 Å². The van der Waals surface area contributed by atoms with Crippen LogP contribution in [0.1, 0.15) is 57.2 Å². The molecule has 5 rings (SSSR count). The van der Waals surface area contributed by atoms with Crippen LogP contribution >= 0.6 is 0 Å². The Hall–Kier alpha value is -0.990. The highest BCUT2D eigenvalue weighted by Gasteiger charge is 2.53. The van der Waals surface area contributed by atoms with Crippen molar-refractivity contribution in [3.05, 3.63) is 11.9 Å². The van der Waals surface area contributed by atoms with Crippen molar-refractivity contribution in [2.24, 2.45) is 23.2 Å². The average molecular weight is 259 g/mol. The number of rotatable bonds is 2. The molecule has 1 aromatic rings. The maximum Gasteiger partial charge on any atom is 0.200 e. The van der Waals surface area contributed by atoms with Crippen LogP contribution in [0.2, 0.25) is 0 Å². The Morgan fingerprint density at radius 3 is 2.16 bits per heavy atom. The van der Waals surface area contributed by atoms with Gasteiger partial charge in [0.2, 0.25) is 5.95 Å². The molecular formula is C16H25N3. The molecule has 2 N–H and O–H groups in total. The van der Waals surface area contributed by atoms with Gasteiger partial charge in [-0.25, -0.2) is 4.98 Å². The molecule has 4 aliphatic rings. The summed E-state index contributed by atoms with van der Waals surface area (Å²) in [6.07, 6.45) is 10.9. The molecule has 1 atom stereocenters. The maximum atomic E-state index is 6.11. The second-order valence-corrected chi connectivity index (χ2v) is 7.60. The third-order valence-electron chi connectivity index (χ3n) is 6.27. The molecule has 0 radical (unpaired) electrons. The zero-order valence-corrected chi connectivity index (χ0v) is 12.1. The van der Waals surface area contributed by atoms with Crippen LogP contribution in [0.25, 0.3) is 0 Å². The predicted octanol–water partition coefficient (Wildman–Crippen LogP) is 3.55. The molecule has 0 saturated heterocycles. The second kappa shape index (κ2) is 3.77. The fourth-order valence-electron chi connectivity index (χ4n) is 5.83. The maximum absolute atomic E-state index is 6.11. The minimum absolute atomic E-state index is 0.510. The lowest BCUT2D eigenvalue weighted by atomic mass is 9.48. The third-order valence-corrected chi connectivity index (χ3v) is 6.27. The zero-order valence-electron chi connectivity index (χ0n) is 12.1. The van der Waals surface area contributed by atoms with E-state index in [9.17, 15) is 0 Å². The standard InChI is InChI=1S/C16H25N3/c1-10-9-19(15(17)18-10)11(2)16-6-12-3-13(7-16)5-14(4-12)8-16/h9,11-14H,3-8H2,1-2H3,(H2,17,18). The first-order valence-electron chi connectivity index (χ1n) is 7.87. The third kappa shape index (κ3) is 1.66. The summed E-state index contributed by atoms with van der Waals surface area (Å²) in [4.78, 5) is 4.40. The monoisotopic (exact) mass is 259 g/mol. The number of nitrogens with zero attached hydrogens (tertiary/aromatic N) is 2. The van der Waals surface area contributed by atoms with Gasteiger partial charge in [-0.2, -0.15) is 0 Å². The van der Waals surface area contributed by atoms with Gasteiger partial charge in [-0.1, -0.05) is 0 Å². The number of aryl methyl sites for hydroxylation is 1. The van der Waals surface area contributed by atoms with Crippen molar-refractivity contribution in [1.82, 2.24) is 9.55 Å². The SMILES string of the molecule is Cc1cn(C(C)C23CC4CC(CC(C4)C2)C3)c(N)n1. The van der Waals surface area contributed by atoms with Gasteiger partial charge >= 0.3 is 0 Å². The van der Waals surface area contributed by atoms with Crippen LogP contribution in [0.15, 0.2) is 6.20 Å². The van der Waals surface area contributed by atoms with E-state index in [2.05, 4.69) is 22.7 Å². The Morgan fingerprint density at radius 1 is 1.21 bits per heavy atom. The van der Waals surface area contributed by atoms with Crippen molar-refractivity contribution in [2.45, 2.75) is 58.4 Å². The summed E-state index contributed by atoms with van der Waals surface area (Å²) in [5.41, 5.74) is 7.67. The van der Waals surface area contributed by atoms with Crippen LogP contribution in [0.5, 0.6) is 0 Å². The molecule has 4 bridgehead atoms. The summed E-state index contributed by atoms with van der Waals surface area (Å²) < 4.78 is 2.25. The summed E-state index contributed by atoms with van der Waals surface area (Å²) in [7, 11) is 0. The van der Waals surface area contributed by atoms with Crippen LogP contribution in [0.4, 0.5) is 5.95 Å². The number of hydrogen-bond acceptors (Lipinski definition) is 2. The first-order chi connectivity index (χ1) is 9.06. The van der Waals surface area contributed by atoms with E-state index in [-0.39, 0.29) is 0 Å².